The average molecular weight is 1270 g/mol. The Bertz CT molecular complexity index is 1700. The van der Waals surface area contributed by atoms with E-state index >= 15 is 0 Å². The molecule has 0 bridgehead atoms. The second-order valence-electron chi connectivity index (χ2n) is 25.2. The van der Waals surface area contributed by atoms with Crippen molar-refractivity contribution in [2.45, 2.75) is 349 Å². The first kappa shape index (κ1) is 84.1. The second-order valence-corrected chi connectivity index (χ2v) is 28.1. The molecule has 0 aliphatic heterocycles. The SMILES string of the molecule is CCCCCCCCCCC(=O)OC[C@H](COP(=O)(O)OC[C@H](O)COP(=O)(O)OC[C@@H](COC(=O)CCCCCCCCCCC(C)CC)OC(=O)CCCCCCCCCCCCCCCC(C)C)OC(=O)CCCCCCCCC(C)CC. The van der Waals surface area contributed by atoms with Crippen LogP contribution in [0.3, 0.4) is 0 Å². The number of aliphatic hydroxyl groups excluding tert-OH is 1. The number of hydrogen-bond acceptors (Lipinski definition) is 15. The lowest BCUT2D eigenvalue weighted by atomic mass is 9.99. The molecule has 510 valence electrons. The molecule has 0 fully saturated rings. The molecule has 0 aliphatic carbocycles. The van der Waals surface area contributed by atoms with Crippen molar-refractivity contribution in [2.24, 2.45) is 17.8 Å². The summed E-state index contributed by atoms with van der Waals surface area (Å²) in [7, 11) is -9.89. The largest absolute Gasteiger partial charge is 0.472 e. The third kappa shape index (κ3) is 58.4. The van der Waals surface area contributed by atoms with E-state index in [9.17, 15) is 43.2 Å². The minimum absolute atomic E-state index is 0.102. The van der Waals surface area contributed by atoms with Crippen molar-refractivity contribution in [3.05, 3.63) is 0 Å². The standard InChI is InChI=1S/C67H130O17P2/c1-8-11-12-13-14-26-34-41-48-64(69)77-55-63(84-67(72)51-44-37-30-29-33-40-47-60(7)10-3)57-82-86(75,76)80-53-61(68)52-79-85(73,74)81-56-62(54-78-65(70)49-42-35-27-23-22-25-32-39-46-59(6)9-2)83-66(71)50-43-36-28-21-19-17-15-16-18-20-24-31-38-45-58(4)5/h58-63,68H,8-57H2,1-7H3,(H,73,74)(H,75,76)/t59?,60?,61-,62-,63-/m1/s1. The van der Waals surface area contributed by atoms with E-state index in [1.54, 1.807) is 0 Å². The van der Waals surface area contributed by atoms with Gasteiger partial charge in [0.1, 0.15) is 19.3 Å². The van der Waals surface area contributed by atoms with Gasteiger partial charge in [-0.1, -0.05) is 280 Å². The Hall–Kier alpha value is -1.94. The van der Waals surface area contributed by atoms with Gasteiger partial charge in [0, 0.05) is 25.7 Å². The summed E-state index contributed by atoms with van der Waals surface area (Å²) in [6.45, 7) is 11.8. The van der Waals surface area contributed by atoms with E-state index < -0.39 is 97.5 Å². The van der Waals surface area contributed by atoms with Crippen LogP contribution in [0.5, 0.6) is 0 Å². The summed E-state index contributed by atoms with van der Waals surface area (Å²) in [4.78, 5) is 72.3. The van der Waals surface area contributed by atoms with E-state index in [4.69, 9.17) is 37.0 Å². The normalized spacial score (nSPS) is 14.9. The lowest BCUT2D eigenvalue weighted by molar-refractivity contribution is -0.161. The van der Waals surface area contributed by atoms with Gasteiger partial charge in [-0.2, -0.15) is 0 Å². The topological polar surface area (TPSA) is 237 Å². The molecule has 86 heavy (non-hydrogen) atoms. The summed E-state index contributed by atoms with van der Waals surface area (Å²) in [5.41, 5.74) is 0. The molecule has 0 aromatic rings. The quantitative estimate of drug-likeness (QED) is 0.0222. The Kier molecular flexibility index (Phi) is 56.9. The van der Waals surface area contributed by atoms with Crippen LogP contribution in [0.1, 0.15) is 331 Å². The highest BCUT2D eigenvalue weighted by Gasteiger charge is 2.30. The Morgan fingerprint density at radius 3 is 0.884 bits per heavy atom. The molecule has 0 spiro atoms. The van der Waals surface area contributed by atoms with Crippen molar-refractivity contribution in [2.75, 3.05) is 39.6 Å². The van der Waals surface area contributed by atoms with E-state index in [1.165, 1.54) is 135 Å². The molecular weight excluding hydrogens is 1140 g/mol. The Balaban J connectivity index is 5.23. The van der Waals surface area contributed by atoms with Crippen molar-refractivity contribution in [1.82, 2.24) is 0 Å². The number of aliphatic hydroxyl groups is 1. The average Bonchev–Trinajstić information content (AvgIpc) is 3.58. The predicted octanol–water partition coefficient (Wildman–Crippen LogP) is 18.7. The molecule has 0 saturated heterocycles. The number of carbonyl (C=O) groups is 4. The van der Waals surface area contributed by atoms with Gasteiger partial charge in [-0.05, 0) is 43.4 Å². The maximum atomic E-state index is 13.0. The van der Waals surface area contributed by atoms with E-state index in [2.05, 4.69) is 48.5 Å². The molecule has 0 saturated carbocycles. The van der Waals surface area contributed by atoms with Gasteiger partial charge < -0.3 is 33.8 Å². The summed E-state index contributed by atoms with van der Waals surface area (Å²) in [5, 5.41) is 10.6. The summed E-state index contributed by atoms with van der Waals surface area (Å²) in [5.74, 6) is 0.149. The molecule has 0 amide bonds. The number of esters is 4. The fourth-order valence-electron chi connectivity index (χ4n) is 9.95. The van der Waals surface area contributed by atoms with Crippen molar-refractivity contribution in [3.8, 4) is 0 Å². The molecule has 0 heterocycles. The number of carbonyl (C=O) groups excluding carboxylic acids is 4. The van der Waals surface area contributed by atoms with Gasteiger partial charge in [0.25, 0.3) is 0 Å². The minimum Gasteiger partial charge on any atom is -0.462 e. The third-order valence-electron chi connectivity index (χ3n) is 16.1. The monoisotopic (exact) mass is 1270 g/mol. The minimum atomic E-state index is -4.95. The number of phosphoric ester groups is 2. The summed E-state index contributed by atoms with van der Waals surface area (Å²) < 4.78 is 68.1. The van der Waals surface area contributed by atoms with Crippen LogP contribution >= 0.6 is 15.6 Å². The summed E-state index contributed by atoms with van der Waals surface area (Å²) in [6, 6.07) is 0. The molecule has 3 N–H and O–H groups in total. The molecule has 0 aliphatic rings. The molecule has 0 rings (SSSR count). The molecule has 4 unspecified atom stereocenters. The molecule has 0 radical (unpaired) electrons. The number of unbranched alkanes of at least 4 members (excludes halogenated alkanes) is 31. The van der Waals surface area contributed by atoms with Crippen molar-refractivity contribution >= 4 is 39.5 Å². The molecule has 7 atom stereocenters. The highest BCUT2D eigenvalue weighted by atomic mass is 31.2. The van der Waals surface area contributed by atoms with Crippen LogP contribution in [0.15, 0.2) is 0 Å². The molecule has 0 aromatic carbocycles. The predicted molar refractivity (Wildman–Crippen MR) is 344 cm³/mol. The van der Waals surface area contributed by atoms with E-state index in [0.717, 1.165) is 114 Å². The first-order valence-corrected chi connectivity index (χ1v) is 37.9. The zero-order chi connectivity index (χ0) is 63.8. The number of phosphoric acid groups is 2. The van der Waals surface area contributed by atoms with Crippen LogP contribution in [0.4, 0.5) is 0 Å². The van der Waals surface area contributed by atoms with Crippen LogP contribution in [0.25, 0.3) is 0 Å². The van der Waals surface area contributed by atoms with Crippen molar-refractivity contribution in [1.29, 1.82) is 0 Å². The zero-order valence-corrected chi connectivity index (χ0v) is 57.6. The van der Waals surface area contributed by atoms with Crippen molar-refractivity contribution in [3.63, 3.8) is 0 Å². The zero-order valence-electron chi connectivity index (χ0n) is 55.8. The Labute approximate surface area is 524 Å². The molecule has 19 heteroatoms. The van der Waals surface area contributed by atoms with E-state index in [1.807, 2.05) is 0 Å². The molecule has 17 nitrogen and oxygen atoms in total. The van der Waals surface area contributed by atoms with Gasteiger partial charge in [0.05, 0.1) is 26.4 Å². The highest BCUT2D eigenvalue weighted by molar-refractivity contribution is 7.47. The van der Waals surface area contributed by atoms with Gasteiger partial charge in [-0.25, -0.2) is 9.13 Å². The van der Waals surface area contributed by atoms with E-state index in [0.29, 0.717) is 25.7 Å². The van der Waals surface area contributed by atoms with Crippen LogP contribution in [0.2, 0.25) is 0 Å². The maximum Gasteiger partial charge on any atom is 0.472 e. The number of hydrogen-bond donors (Lipinski definition) is 3. The van der Waals surface area contributed by atoms with Crippen molar-refractivity contribution < 1.29 is 80.2 Å². The number of rotatable bonds is 65. The third-order valence-corrected chi connectivity index (χ3v) is 18.0. The van der Waals surface area contributed by atoms with Gasteiger partial charge in [-0.15, -0.1) is 0 Å². The van der Waals surface area contributed by atoms with Gasteiger partial charge >= 0.3 is 39.5 Å². The lowest BCUT2D eigenvalue weighted by Crippen LogP contribution is -2.30. The van der Waals surface area contributed by atoms with Crippen LogP contribution in [-0.4, -0.2) is 96.7 Å². The maximum absolute atomic E-state index is 13.0. The first-order chi connectivity index (χ1) is 41.3. The lowest BCUT2D eigenvalue weighted by Gasteiger charge is -2.21. The highest BCUT2D eigenvalue weighted by Crippen LogP contribution is 2.45. The Morgan fingerprint density at radius 1 is 0.337 bits per heavy atom. The molecular formula is C67H130O17P2. The summed E-state index contributed by atoms with van der Waals surface area (Å²) in [6.07, 6.45) is 40.3. The van der Waals surface area contributed by atoms with Crippen LogP contribution in [0, 0.1) is 17.8 Å². The summed E-state index contributed by atoms with van der Waals surface area (Å²) >= 11 is 0. The smallest absolute Gasteiger partial charge is 0.462 e. The molecule has 0 aromatic heterocycles. The van der Waals surface area contributed by atoms with Gasteiger partial charge in [0.15, 0.2) is 12.2 Å². The fraction of sp³-hybridized carbons (Fsp3) is 0.940. The first-order valence-electron chi connectivity index (χ1n) is 34.9. The Morgan fingerprint density at radius 2 is 0.593 bits per heavy atom. The second kappa shape index (κ2) is 58.2. The van der Waals surface area contributed by atoms with Crippen LogP contribution < -0.4 is 0 Å². The fourth-order valence-corrected chi connectivity index (χ4v) is 11.5. The van der Waals surface area contributed by atoms with Gasteiger partial charge in [-0.3, -0.25) is 37.3 Å². The van der Waals surface area contributed by atoms with E-state index in [-0.39, 0.29) is 25.7 Å². The van der Waals surface area contributed by atoms with Gasteiger partial charge in [0.2, 0.25) is 0 Å². The number of ether oxygens (including phenoxy) is 4. The van der Waals surface area contributed by atoms with Crippen LogP contribution in [-0.2, 0) is 65.4 Å².